The van der Waals surface area contributed by atoms with Crippen LogP contribution in [0.4, 0.5) is 0 Å². The maximum Gasteiger partial charge on any atom is 0.244 e. The Bertz CT molecular complexity index is 906. The van der Waals surface area contributed by atoms with Gasteiger partial charge in [0.05, 0.1) is 4.90 Å². The van der Waals surface area contributed by atoms with E-state index in [0.29, 0.717) is 0 Å². The van der Waals surface area contributed by atoms with E-state index in [-0.39, 0.29) is 11.4 Å². The first kappa shape index (κ1) is 19.0. The molecule has 0 aliphatic heterocycles. The van der Waals surface area contributed by atoms with E-state index in [4.69, 9.17) is 6.42 Å². The second kappa shape index (κ2) is 7.69. The zero-order valence-electron chi connectivity index (χ0n) is 14.9. The Kier molecular flexibility index (Phi) is 5.84. The molecule has 130 valence electrons. The van der Waals surface area contributed by atoms with Crippen molar-refractivity contribution in [1.82, 2.24) is 4.31 Å². The minimum atomic E-state index is -3.76. The van der Waals surface area contributed by atoms with Crippen molar-refractivity contribution in [3.63, 3.8) is 0 Å². The molecule has 0 aromatic heterocycles. The first-order valence-electron chi connectivity index (χ1n) is 8.02. The van der Waals surface area contributed by atoms with E-state index in [0.717, 1.165) is 22.3 Å². The summed E-state index contributed by atoms with van der Waals surface area (Å²) in [5, 5.41) is 0. The van der Waals surface area contributed by atoms with Gasteiger partial charge in [0.2, 0.25) is 10.0 Å². The van der Waals surface area contributed by atoms with Crippen LogP contribution in [0.25, 0.3) is 0 Å². The van der Waals surface area contributed by atoms with Crippen molar-refractivity contribution in [1.29, 1.82) is 0 Å². The molecule has 0 amide bonds. The van der Waals surface area contributed by atoms with Crippen LogP contribution in [0.5, 0.6) is 0 Å². The molecule has 2 aromatic carbocycles. The number of hydrogen-bond acceptors (Lipinski definition) is 2. The monoisotopic (exact) mass is 353 g/mol. The van der Waals surface area contributed by atoms with Crippen LogP contribution in [0.15, 0.2) is 65.6 Å². The lowest BCUT2D eigenvalue weighted by molar-refractivity contribution is 0.398. The largest absolute Gasteiger partial charge is 0.244 e. The van der Waals surface area contributed by atoms with Gasteiger partial charge in [-0.15, -0.1) is 6.42 Å². The molecule has 1 atom stereocenters. The zero-order chi connectivity index (χ0) is 18.6. The summed E-state index contributed by atoms with van der Waals surface area (Å²) >= 11 is 0. The van der Waals surface area contributed by atoms with E-state index in [1.807, 2.05) is 38.1 Å². The van der Waals surface area contributed by atoms with Crippen molar-refractivity contribution in [2.75, 3.05) is 6.54 Å². The topological polar surface area (TPSA) is 37.4 Å². The molecule has 0 spiro atoms. The number of rotatable bonds is 6. The SMILES string of the molecule is C#CC(c1ccccc1C)N(CC(=C)C)S(=O)(=O)c1ccc(C)cc1. The van der Waals surface area contributed by atoms with Crippen LogP contribution in [0.2, 0.25) is 0 Å². The van der Waals surface area contributed by atoms with E-state index in [1.165, 1.54) is 4.31 Å². The third-order valence-corrected chi connectivity index (χ3v) is 5.81. The zero-order valence-corrected chi connectivity index (χ0v) is 15.7. The van der Waals surface area contributed by atoms with Crippen molar-refractivity contribution in [2.45, 2.75) is 31.7 Å². The van der Waals surface area contributed by atoms with Crippen molar-refractivity contribution in [3.8, 4) is 12.3 Å². The summed E-state index contributed by atoms with van der Waals surface area (Å²) in [6.45, 7) is 9.68. The van der Waals surface area contributed by atoms with Crippen LogP contribution in [0, 0.1) is 26.2 Å². The van der Waals surface area contributed by atoms with Gasteiger partial charge in [-0.2, -0.15) is 4.31 Å². The number of hydrogen-bond donors (Lipinski definition) is 0. The molecule has 2 rings (SSSR count). The minimum Gasteiger partial charge on any atom is -0.207 e. The average Bonchev–Trinajstić information content (AvgIpc) is 2.56. The van der Waals surface area contributed by atoms with Crippen LogP contribution in [0.1, 0.15) is 29.7 Å². The summed E-state index contributed by atoms with van der Waals surface area (Å²) in [4.78, 5) is 0.230. The van der Waals surface area contributed by atoms with Crippen LogP contribution >= 0.6 is 0 Å². The van der Waals surface area contributed by atoms with Gasteiger partial charge in [0, 0.05) is 6.54 Å². The smallest absolute Gasteiger partial charge is 0.207 e. The highest BCUT2D eigenvalue weighted by Gasteiger charge is 2.32. The third-order valence-electron chi connectivity index (χ3n) is 3.98. The molecular weight excluding hydrogens is 330 g/mol. The van der Waals surface area contributed by atoms with E-state index >= 15 is 0 Å². The Balaban J connectivity index is 2.58. The number of benzene rings is 2. The highest BCUT2D eigenvalue weighted by atomic mass is 32.2. The van der Waals surface area contributed by atoms with Gasteiger partial charge in [0.1, 0.15) is 6.04 Å². The Morgan fingerprint density at radius 1 is 1.16 bits per heavy atom. The summed E-state index contributed by atoms with van der Waals surface area (Å²) in [5.41, 5.74) is 3.49. The maximum absolute atomic E-state index is 13.3. The first-order chi connectivity index (χ1) is 11.8. The number of terminal acetylenes is 1. The standard InChI is InChI=1S/C21H23NO2S/c1-6-21(20-10-8-7-9-18(20)5)22(15-16(2)3)25(23,24)19-13-11-17(4)12-14-19/h1,7-14,21H,2,15H2,3-5H3. The lowest BCUT2D eigenvalue weighted by Crippen LogP contribution is -2.36. The fourth-order valence-corrected chi connectivity index (χ4v) is 4.24. The van der Waals surface area contributed by atoms with Crippen molar-refractivity contribution >= 4 is 10.0 Å². The van der Waals surface area contributed by atoms with Crippen LogP contribution < -0.4 is 0 Å². The lowest BCUT2D eigenvalue weighted by atomic mass is 10.0. The van der Waals surface area contributed by atoms with Crippen LogP contribution in [-0.2, 0) is 10.0 Å². The predicted octanol–water partition coefficient (Wildman–Crippen LogP) is 4.24. The Morgan fingerprint density at radius 3 is 2.28 bits per heavy atom. The lowest BCUT2D eigenvalue weighted by Gasteiger charge is -2.29. The summed E-state index contributed by atoms with van der Waals surface area (Å²) in [6, 6.07) is 13.7. The predicted molar refractivity (Wildman–Crippen MR) is 103 cm³/mol. The number of nitrogens with zero attached hydrogens (tertiary/aromatic N) is 1. The summed E-state index contributed by atoms with van der Waals surface area (Å²) in [7, 11) is -3.76. The van der Waals surface area contributed by atoms with E-state index < -0.39 is 16.1 Å². The molecule has 0 radical (unpaired) electrons. The van der Waals surface area contributed by atoms with Gasteiger partial charge >= 0.3 is 0 Å². The van der Waals surface area contributed by atoms with Gasteiger partial charge in [-0.3, -0.25) is 0 Å². The van der Waals surface area contributed by atoms with Crippen LogP contribution in [-0.4, -0.2) is 19.3 Å². The van der Waals surface area contributed by atoms with Crippen molar-refractivity contribution in [3.05, 3.63) is 77.4 Å². The summed E-state index contributed by atoms with van der Waals surface area (Å²) in [5.74, 6) is 2.66. The van der Waals surface area contributed by atoms with E-state index in [1.54, 1.807) is 31.2 Å². The second-order valence-corrected chi connectivity index (χ2v) is 8.14. The number of aryl methyl sites for hydroxylation is 2. The Morgan fingerprint density at radius 2 is 1.76 bits per heavy atom. The molecular formula is C21H23NO2S. The third kappa shape index (κ3) is 4.19. The van der Waals surface area contributed by atoms with Gasteiger partial charge in [0.15, 0.2) is 0 Å². The molecule has 2 aromatic rings. The van der Waals surface area contributed by atoms with E-state index in [9.17, 15) is 8.42 Å². The van der Waals surface area contributed by atoms with Gasteiger partial charge in [-0.1, -0.05) is 60.0 Å². The van der Waals surface area contributed by atoms with Crippen molar-refractivity contribution < 1.29 is 8.42 Å². The highest BCUT2D eigenvalue weighted by molar-refractivity contribution is 7.89. The Labute approximate surface area is 151 Å². The molecule has 0 aliphatic rings. The summed E-state index contributed by atoms with van der Waals surface area (Å²) < 4.78 is 27.9. The first-order valence-corrected chi connectivity index (χ1v) is 9.46. The number of sulfonamides is 1. The molecule has 0 aliphatic carbocycles. The van der Waals surface area contributed by atoms with Crippen LogP contribution in [0.3, 0.4) is 0 Å². The highest BCUT2D eigenvalue weighted by Crippen LogP contribution is 2.30. The second-order valence-electron chi connectivity index (χ2n) is 6.25. The van der Waals surface area contributed by atoms with E-state index in [2.05, 4.69) is 12.5 Å². The summed E-state index contributed by atoms with van der Waals surface area (Å²) in [6.07, 6.45) is 5.76. The fraction of sp³-hybridized carbons (Fsp3) is 0.238. The molecule has 0 bridgehead atoms. The maximum atomic E-state index is 13.3. The Hall–Kier alpha value is -2.35. The van der Waals surface area contributed by atoms with Gasteiger partial charge in [-0.05, 0) is 44.0 Å². The normalized spacial score (nSPS) is 12.6. The van der Waals surface area contributed by atoms with Crippen molar-refractivity contribution in [2.24, 2.45) is 0 Å². The quantitative estimate of drug-likeness (QED) is 0.575. The molecule has 25 heavy (non-hydrogen) atoms. The molecule has 0 N–H and O–H groups in total. The average molecular weight is 353 g/mol. The van der Waals surface area contributed by atoms with Gasteiger partial charge in [0.25, 0.3) is 0 Å². The fourth-order valence-electron chi connectivity index (χ4n) is 2.65. The minimum absolute atomic E-state index is 0.166. The molecule has 0 saturated heterocycles. The molecule has 0 fully saturated rings. The molecule has 0 saturated carbocycles. The van der Waals surface area contributed by atoms with Gasteiger partial charge in [-0.25, -0.2) is 8.42 Å². The molecule has 4 heteroatoms. The molecule has 1 unspecified atom stereocenters. The molecule has 3 nitrogen and oxygen atoms in total. The van der Waals surface area contributed by atoms with Gasteiger partial charge < -0.3 is 0 Å². The molecule has 0 heterocycles.